The molecule has 0 saturated carbocycles. The number of anilines is 3. The lowest BCUT2D eigenvalue weighted by Crippen LogP contribution is -2.10. The molecule has 0 aliphatic carbocycles. The molecular formula is C44H29N. The van der Waals surface area contributed by atoms with Crippen LogP contribution in [0.5, 0.6) is 0 Å². The van der Waals surface area contributed by atoms with Crippen molar-refractivity contribution in [1.29, 1.82) is 0 Å². The summed E-state index contributed by atoms with van der Waals surface area (Å²) in [6, 6.07) is 64.1. The van der Waals surface area contributed by atoms with Gasteiger partial charge in [-0.1, -0.05) is 140 Å². The third kappa shape index (κ3) is 4.32. The molecule has 0 radical (unpaired) electrons. The lowest BCUT2D eigenvalue weighted by Gasteiger charge is -2.27. The Balaban J connectivity index is 1.27. The average Bonchev–Trinajstić information content (AvgIpc) is 3.12. The molecule has 0 bridgehead atoms. The molecule has 9 aromatic carbocycles. The van der Waals surface area contributed by atoms with Crippen LogP contribution in [-0.4, -0.2) is 0 Å². The predicted octanol–water partition coefficient (Wildman–Crippen LogP) is 12.6. The molecule has 0 aliphatic heterocycles. The van der Waals surface area contributed by atoms with Crippen LogP contribution in [-0.2, 0) is 0 Å². The quantitative estimate of drug-likeness (QED) is 0.190. The van der Waals surface area contributed by atoms with Crippen LogP contribution < -0.4 is 4.90 Å². The van der Waals surface area contributed by atoms with E-state index in [4.69, 9.17) is 0 Å². The molecule has 0 heterocycles. The van der Waals surface area contributed by atoms with Crippen LogP contribution in [0.25, 0.3) is 65.0 Å². The van der Waals surface area contributed by atoms with Crippen molar-refractivity contribution in [3.05, 3.63) is 176 Å². The van der Waals surface area contributed by atoms with Gasteiger partial charge in [0.05, 0.1) is 0 Å². The van der Waals surface area contributed by atoms with Gasteiger partial charge < -0.3 is 4.90 Å². The van der Waals surface area contributed by atoms with Crippen LogP contribution in [0.4, 0.5) is 17.1 Å². The number of rotatable bonds is 4. The third-order valence-electron chi connectivity index (χ3n) is 9.19. The normalized spacial score (nSPS) is 11.6. The van der Waals surface area contributed by atoms with E-state index in [1.54, 1.807) is 0 Å². The van der Waals surface area contributed by atoms with Crippen molar-refractivity contribution in [1.82, 2.24) is 0 Å². The van der Waals surface area contributed by atoms with Gasteiger partial charge in [0.2, 0.25) is 0 Å². The molecular weight excluding hydrogens is 542 g/mol. The molecule has 9 aromatic rings. The maximum atomic E-state index is 2.40. The van der Waals surface area contributed by atoms with Crippen LogP contribution in [0.1, 0.15) is 0 Å². The summed E-state index contributed by atoms with van der Waals surface area (Å²) in [5, 5.41) is 12.7. The van der Waals surface area contributed by atoms with Gasteiger partial charge in [-0.15, -0.1) is 0 Å². The first kappa shape index (κ1) is 25.6. The van der Waals surface area contributed by atoms with Gasteiger partial charge in [0, 0.05) is 17.1 Å². The second kappa shape index (κ2) is 10.4. The Morgan fingerprint density at radius 2 is 0.756 bits per heavy atom. The minimum atomic E-state index is 1.12. The zero-order valence-electron chi connectivity index (χ0n) is 24.7. The monoisotopic (exact) mass is 571 g/mol. The highest BCUT2D eigenvalue weighted by molar-refractivity contribution is 6.20. The van der Waals surface area contributed by atoms with E-state index < -0.39 is 0 Å². The summed E-state index contributed by atoms with van der Waals surface area (Å²) in [5.41, 5.74) is 5.82. The van der Waals surface area contributed by atoms with E-state index in [2.05, 4.69) is 181 Å². The maximum Gasteiger partial charge on any atom is 0.0468 e. The zero-order valence-corrected chi connectivity index (χ0v) is 24.7. The summed E-state index contributed by atoms with van der Waals surface area (Å²) in [6.45, 7) is 0. The van der Waals surface area contributed by atoms with E-state index in [0.29, 0.717) is 0 Å². The van der Waals surface area contributed by atoms with Gasteiger partial charge in [0.1, 0.15) is 0 Å². The Labute approximate surface area is 262 Å². The highest BCUT2D eigenvalue weighted by Crippen LogP contribution is 2.41. The number of hydrogen-bond donors (Lipinski definition) is 0. The maximum absolute atomic E-state index is 2.40. The number of fused-ring (bicyclic) bond motifs is 8. The predicted molar refractivity (Wildman–Crippen MR) is 194 cm³/mol. The second-order valence-electron chi connectivity index (χ2n) is 11.8. The fraction of sp³-hybridized carbons (Fsp3) is 0. The number of nitrogens with zero attached hydrogens (tertiary/aromatic N) is 1. The van der Waals surface area contributed by atoms with Gasteiger partial charge in [-0.25, -0.2) is 0 Å². The van der Waals surface area contributed by atoms with Crippen molar-refractivity contribution >= 4 is 70.9 Å². The van der Waals surface area contributed by atoms with Crippen molar-refractivity contribution < 1.29 is 0 Å². The fourth-order valence-corrected chi connectivity index (χ4v) is 6.97. The minimum Gasteiger partial charge on any atom is -0.310 e. The van der Waals surface area contributed by atoms with E-state index in [0.717, 1.165) is 17.1 Å². The smallest absolute Gasteiger partial charge is 0.0468 e. The lowest BCUT2D eigenvalue weighted by atomic mass is 9.96. The highest BCUT2D eigenvalue weighted by atomic mass is 15.1. The van der Waals surface area contributed by atoms with E-state index in [1.165, 1.54) is 65.0 Å². The Morgan fingerprint density at radius 1 is 0.267 bits per heavy atom. The highest BCUT2D eigenvalue weighted by Gasteiger charge is 2.16. The van der Waals surface area contributed by atoms with Crippen molar-refractivity contribution in [2.75, 3.05) is 4.90 Å². The molecule has 45 heavy (non-hydrogen) atoms. The average molecular weight is 572 g/mol. The van der Waals surface area contributed by atoms with Crippen LogP contribution in [0, 0.1) is 0 Å². The van der Waals surface area contributed by atoms with Gasteiger partial charge in [0.25, 0.3) is 0 Å². The van der Waals surface area contributed by atoms with E-state index in [1.807, 2.05) is 0 Å². The molecule has 0 atom stereocenters. The Bertz CT molecular complexity index is 2520. The molecule has 0 N–H and O–H groups in total. The molecule has 0 spiro atoms. The summed E-state index contributed by atoms with van der Waals surface area (Å²) in [6.07, 6.45) is 0. The Kier molecular flexibility index (Phi) is 5.89. The largest absolute Gasteiger partial charge is 0.310 e. The number of hydrogen-bond acceptors (Lipinski definition) is 1. The van der Waals surface area contributed by atoms with Gasteiger partial charge in [0.15, 0.2) is 0 Å². The summed E-state index contributed by atoms with van der Waals surface area (Å²) < 4.78 is 0. The second-order valence-corrected chi connectivity index (χ2v) is 11.8. The van der Waals surface area contributed by atoms with E-state index >= 15 is 0 Å². The topological polar surface area (TPSA) is 3.24 Å². The molecule has 0 fully saturated rings. The fourth-order valence-electron chi connectivity index (χ4n) is 6.97. The summed E-state index contributed by atoms with van der Waals surface area (Å²) in [7, 11) is 0. The first-order valence-electron chi connectivity index (χ1n) is 15.5. The van der Waals surface area contributed by atoms with Crippen LogP contribution in [0.15, 0.2) is 176 Å². The molecule has 210 valence electrons. The van der Waals surface area contributed by atoms with Crippen LogP contribution in [0.3, 0.4) is 0 Å². The van der Waals surface area contributed by atoms with Gasteiger partial charge in [-0.3, -0.25) is 0 Å². The van der Waals surface area contributed by atoms with E-state index in [-0.39, 0.29) is 0 Å². The van der Waals surface area contributed by atoms with Crippen molar-refractivity contribution in [3.63, 3.8) is 0 Å². The molecule has 0 aliphatic rings. The molecule has 0 aromatic heterocycles. The summed E-state index contributed by atoms with van der Waals surface area (Å²) in [4.78, 5) is 2.40. The summed E-state index contributed by atoms with van der Waals surface area (Å²) in [5.74, 6) is 0. The van der Waals surface area contributed by atoms with Gasteiger partial charge in [-0.2, -0.15) is 0 Å². The van der Waals surface area contributed by atoms with Crippen LogP contribution in [0.2, 0.25) is 0 Å². The Hall–Kier alpha value is -5.92. The molecule has 0 saturated heterocycles. The van der Waals surface area contributed by atoms with Gasteiger partial charge >= 0.3 is 0 Å². The van der Waals surface area contributed by atoms with Gasteiger partial charge in [-0.05, 0) is 101 Å². The summed E-state index contributed by atoms with van der Waals surface area (Å²) >= 11 is 0. The van der Waals surface area contributed by atoms with Crippen molar-refractivity contribution in [2.24, 2.45) is 0 Å². The zero-order chi connectivity index (χ0) is 29.7. The standard InChI is InChI=1S/C44H29N/c1-2-8-30(9-3-1)31-20-23-37(24-21-31)45(38-26-27-41-36(28-38)19-16-32-10-4-6-12-40(32)41)39-25-22-34-15-18-35-17-14-33-11-5-7-13-42(33)44(35)43(34)29-39/h1-29H. The number of benzene rings is 9. The molecule has 0 amide bonds. The van der Waals surface area contributed by atoms with Crippen molar-refractivity contribution in [3.8, 4) is 11.1 Å². The minimum absolute atomic E-state index is 1.12. The molecule has 9 rings (SSSR count). The Morgan fingerprint density at radius 3 is 1.53 bits per heavy atom. The van der Waals surface area contributed by atoms with E-state index in [9.17, 15) is 0 Å². The molecule has 1 heteroatoms. The SMILES string of the molecule is c1ccc(-c2ccc(N(c3ccc4c(ccc5ccccc54)c3)c3ccc4ccc5ccc6ccccc6c5c4c3)cc2)cc1. The van der Waals surface area contributed by atoms with Crippen molar-refractivity contribution in [2.45, 2.75) is 0 Å². The van der Waals surface area contributed by atoms with Crippen LogP contribution >= 0.6 is 0 Å². The third-order valence-corrected chi connectivity index (χ3v) is 9.19. The first-order chi connectivity index (χ1) is 22.3. The lowest BCUT2D eigenvalue weighted by molar-refractivity contribution is 1.30. The first-order valence-corrected chi connectivity index (χ1v) is 15.5. The molecule has 0 unspecified atom stereocenters. The molecule has 1 nitrogen and oxygen atoms in total.